The molecule has 0 spiro atoms. The second-order valence-electron chi connectivity index (χ2n) is 5.35. The number of halogens is 1. The first kappa shape index (κ1) is 14.4. The average molecular weight is 280 g/mol. The number of carbonyl (C=O) groups is 1. The van der Waals surface area contributed by atoms with Crippen molar-refractivity contribution in [1.82, 2.24) is 4.90 Å². The van der Waals surface area contributed by atoms with Crippen molar-refractivity contribution >= 4 is 17.5 Å². The van der Waals surface area contributed by atoms with Crippen LogP contribution in [0.4, 0.5) is 0 Å². The van der Waals surface area contributed by atoms with Crippen molar-refractivity contribution in [2.45, 2.75) is 45.1 Å². The first-order valence-electron chi connectivity index (χ1n) is 7.11. The number of benzene rings is 1. The van der Waals surface area contributed by atoms with Crippen LogP contribution in [0.1, 0.15) is 36.8 Å². The maximum absolute atomic E-state index is 12.3. The summed E-state index contributed by atoms with van der Waals surface area (Å²) in [5.74, 6) is 0.790. The Bertz CT molecular complexity index is 411. The van der Waals surface area contributed by atoms with Crippen LogP contribution < -0.4 is 0 Å². The average Bonchev–Trinajstić information content (AvgIpc) is 2.35. The van der Waals surface area contributed by atoms with Gasteiger partial charge in [0.15, 0.2) is 0 Å². The molecular formula is C16H22ClNO. The van der Waals surface area contributed by atoms with E-state index in [-0.39, 0.29) is 5.91 Å². The number of amides is 1. The largest absolute Gasteiger partial charge is 0.339 e. The van der Waals surface area contributed by atoms with Crippen LogP contribution in [0.3, 0.4) is 0 Å². The molecule has 2 nitrogen and oxygen atoms in total. The summed E-state index contributed by atoms with van der Waals surface area (Å²) in [5, 5.41) is 0. The van der Waals surface area contributed by atoms with Crippen molar-refractivity contribution < 1.29 is 4.79 Å². The van der Waals surface area contributed by atoms with E-state index in [0.29, 0.717) is 24.9 Å². The number of nitrogens with zero attached hydrogens (tertiary/aromatic N) is 1. The van der Waals surface area contributed by atoms with Gasteiger partial charge in [0.1, 0.15) is 0 Å². The molecule has 1 aliphatic carbocycles. The Labute approximate surface area is 120 Å². The van der Waals surface area contributed by atoms with E-state index in [1.54, 1.807) is 0 Å². The first-order chi connectivity index (χ1) is 9.20. The van der Waals surface area contributed by atoms with Gasteiger partial charge in [-0.05, 0) is 38.2 Å². The van der Waals surface area contributed by atoms with Crippen molar-refractivity contribution in [3.05, 3.63) is 35.4 Å². The highest BCUT2D eigenvalue weighted by molar-refractivity contribution is 6.18. The second kappa shape index (κ2) is 6.95. The fourth-order valence-electron chi connectivity index (χ4n) is 2.45. The van der Waals surface area contributed by atoms with E-state index >= 15 is 0 Å². The van der Waals surface area contributed by atoms with Crippen LogP contribution in [-0.4, -0.2) is 29.3 Å². The molecule has 0 heterocycles. The molecule has 0 unspecified atom stereocenters. The Morgan fingerprint density at radius 3 is 2.53 bits per heavy atom. The summed E-state index contributed by atoms with van der Waals surface area (Å²) in [4.78, 5) is 14.3. The molecule has 0 atom stereocenters. The van der Waals surface area contributed by atoms with Crippen molar-refractivity contribution in [2.24, 2.45) is 0 Å². The van der Waals surface area contributed by atoms with Crippen LogP contribution >= 0.6 is 11.6 Å². The summed E-state index contributed by atoms with van der Waals surface area (Å²) in [6.07, 6.45) is 4.95. The molecule has 1 amide bonds. The van der Waals surface area contributed by atoms with E-state index in [2.05, 4.69) is 31.2 Å². The Hall–Kier alpha value is -1.02. The van der Waals surface area contributed by atoms with Gasteiger partial charge in [0.2, 0.25) is 5.91 Å². The molecule has 1 saturated carbocycles. The molecule has 0 aliphatic heterocycles. The van der Waals surface area contributed by atoms with Crippen LogP contribution in [0.2, 0.25) is 0 Å². The van der Waals surface area contributed by atoms with Crippen molar-refractivity contribution in [3.8, 4) is 0 Å². The molecule has 1 fully saturated rings. The van der Waals surface area contributed by atoms with Crippen molar-refractivity contribution in [3.63, 3.8) is 0 Å². The lowest BCUT2D eigenvalue weighted by molar-refractivity contribution is -0.134. The van der Waals surface area contributed by atoms with Crippen LogP contribution in [0.15, 0.2) is 24.3 Å². The third-order valence-electron chi connectivity index (χ3n) is 3.91. The number of rotatable bonds is 6. The molecule has 0 radical (unpaired) electrons. The Kier molecular flexibility index (Phi) is 5.26. The molecule has 0 aromatic heterocycles. The summed E-state index contributed by atoms with van der Waals surface area (Å²) >= 11 is 5.81. The van der Waals surface area contributed by atoms with Gasteiger partial charge < -0.3 is 4.90 Å². The lowest BCUT2D eigenvalue weighted by atomic mass is 9.91. The van der Waals surface area contributed by atoms with Crippen LogP contribution in [-0.2, 0) is 11.2 Å². The van der Waals surface area contributed by atoms with Gasteiger partial charge in [-0.15, -0.1) is 11.6 Å². The van der Waals surface area contributed by atoms with E-state index in [9.17, 15) is 4.79 Å². The minimum absolute atomic E-state index is 0.255. The zero-order chi connectivity index (χ0) is 13.7. The van der Waals surface area contributed by atoms with Gasteiger partial charge in [0.25, 0.3) is 0 Å². The van der Waals surface area contributed by atoms with Crippen molar-refractivity contribution in [2.75, 3.05) is 12.4 Å². The minimum Gasteiger partial charge on any atom is -0.339 e. The Morgan fingerprint density at radius 1 is 1.32 bits per heavy atom. The lowest BCUT2D eigenvalue weighted by Crippen LogP contribution is -2.45. The Balaban J connectivity index is 1.86. The molecule has 104 valence electrons. The van der Waals surface area contributed by atoms with E-state index in [4.69, 9.17) is 11.6 Å². The summed E-state index contributed by atoms with van der Waals surface area (Å²) < 4.78 is 0. The van der Waals surface area contributed by atoms with E-state index in [1.807, 2.05) is 4.90 Å². The number of aryl methyl sites for hydroxylation is 2. The third-order valence-corrected chi connectivity index (χ3v) is 4.08. The fourth-order valence-corrected chi connectivity index (χ4v) is 2.63. The van der Waals surface area contributed by atoms with Gasteiger partial charge in [-0.1, -0.05) is 29.8 Å². The van der Waals surface area contributed by atoms with Crippen molar-refractivity contribution in [1.29, 1.82) is 0 Å². The van der Waals surface area contributed by atoms with Gasteiger partial charge in [0.05, 0.1) is 0 Å². The van der Waals surface area contributed by atoms with E-state index < -0.39 is 0 Å². The molecule has 3 heteroatoms. The normalized spacial score (nSPS) is 15.1. The highest BCUT2D eigenvalue weighted by Gasteiger charge is 2.27. The van der Waals surface area contributed by atoms with Gasteiger partial charge in [-0.25, -0.2) is 0 Å². The predicted molar refractivity (Wildman–Crippen MR) is 79.6 cm³/mol. The summed E-state index contributed by atoms with van der Waals surface area (Å²) in [6, 6.07) is 8.87. The smallest absolute Gasteiger partial charge is 0.223 e. The van der Waals surface area contributed by atoms with Gasteiger partial charge in [-0.2, -0.15) is 0 Å². The zero-order valence-electron chi connectivity index (χ0n) is 11.6. The number of alkyl halides is 1. The maximum atomic E-state index is 12.3. The van der Waals surface area contributed by atoms with Crippen LogP contribution in [0.5, 0.6) is 0 Å². The Morgan fingerprint density at radius 2 is 2.00 bits per heavy atom. The summed E-state index contributed by atoms with van der Waals surface area (Å²) in [6.45, 7) is 2.77. The van der Waals surface area contributed by atoms with E-state index in [0.717, 1.165) is 19.3 Å². The molecule has 2 rings (SSSR count). The standard InChI is InChI=1S/C16H22ClNO/c1-13-5-7-14(8-6-13)9-10-16(19)18(12-11-17)15-3-2-4-15/h5-8,15H,2-4,9-12H2,1H3. The maximum Gasteiger partial charge on any atom is 0.223 e. The topological polar surface area (TPSA) is 20.3 Å². The quantitative estimate of drug-likeness (QED) is 0.729. The minimum atomic E-state index is 0.255. The van der Waals surface area contributed by atoms with Gasteiger partial charge in [-0.3, -0.25) is 4.79 Å². The number of carbonyl (C=O) groups excluding carboxylic acids is 1. The predicted octanol–water partition coefficient (Wildman–Crippen LogP) is 3.55. The number of hydrogen-bond donors (Lipinski definition) is 0. The first-order valence-corrected chi connectivity index (χ1v) is 7.65. The number of hydrogen-bond acceptors (Lipinski definition) is 1. The monoisotopic (exact) mass is 279 g/mol. The molecule has 19 heavy (non-hydrogen) atoms. The molecule has 1 aliphatic rings. The third kappa shape index (κ3) is 3.97. The summed E-state index contributed by atoms with van der Waals surface area (Å²) in [7, 11) is 0. The molecular weight excluding hydrogens is 258 g/mol. The molecule has 0 N–H and O–H groups in total. The zero-order valence-corrected chi connectivity index (χ0v) is 12.3. The lowest BCUT2D eigenvalue weighted by Gasteiger charge is -2.37. The van der Waals surface area contributed by atoms with Crippen LogP contribution in [0, 0.1) is 6.92 Å². The fraction of sp³-hybridized carbons (Fsp3) is 0.562. The van der Waals surface area contributed by atoms with E-state index in [1.165, 1.54) is 17.5 Å². The highest BCUT2D eigenvalue weighted by atomic mass is 35.5. The molecule has 1 aromatic carbocycles. The highest BCUT2D eigenvalue weighted by Crippen LogP contribution is 2.25. The van der Waals surface area contributed by atoms with Gasteiger partial charge in [0, 0.05) is 24.9 Å². The SMILES string of the molecule is Cc1ccc(CCC(=O)N(CCCl)C2CCC2)cc1. The van der Waals surface area contributed by atoms with Crippen LogP contribution in [0.25, 0.3) is 0 Å². The van der Waals surface area contributed by atoms with Gasteiger partial charge >= 0.3 is 0 Å². The molecule has 0 saturated heterocycles. The molecule has 0 bridgehead atoms. The second-order valence-corrected chi connectivity index (χ2v) is 5.72. The summed E-state index contributed by atoms with van der Waals surface area (Å²) in [5.41, 5.74) is 2.49. The molecule has 1 aromatic rings.